The highest BCUT2D eigenvalue weighted by Gasteiger charge is 2.23. The first-order valence-electron chi connectivity index (χ1n) is 9.10. The van der Waals surface area contributed by atoms with Crippen LogP contribution in [0.2, 0.25) is 0 Å². The molecule has 1 aliphatic heterocycles. The minimum Gasteiger partial charge on any atom is -0.481 e. The van der Waals surface area contributed by atoms with Gasteiger partial charge in [-0.05, 0) is 43.9 Å². The number of benzene rings is 1. The maximum atomic E-state index is 12.6. The van der Waals surface area contributed by atoms with Crippen molar-refractivity contribution in [3.63, 3.8) is 0 Å². The van der Waals surface area contributed by atoms with Crippen LogP contribution in [0.5, 0.6) is 5.75 Å². The van der Waals surface area contributed by atoms with Crippen LogP contribution in [0, 0.1) is 0 Å². The van der Waals surface area contributed by atoms with Gasteiger partial charge < -0.3 is 14.1 Å². The Morgan fingerprint density at radius 1 is 1.20 bits per heavy atom. The lowest BCUT2D eigenvalue weighted by atomic mass is 10.1. The van der Waals surface area contributed by atoms with Crippen molar-refractivity contribution in [3.8, 4) is 5.75 Å². The van der Waals surface area contributed by atoms with Crippen LogP contribution in [0.25, 0.3) is 11.0 Å². The van der Waals surface area contributed by atoms with Crippen LogP contribution in [0.3, 0.4) is 0 Å². The zero-order valence-corrected chi connectivity index (χ0v) is 14.9. The smallest absolute Gasteiger partial charge is 0.336 e. The van der Waals surface area contributed by atoms with Crippen molar-refractivity contribution in [3.05, 3.63) is 40.2 Å². The molecule has 1 saturated heterocycles. The minimum atomic E-state index is -0.559. The summed E-state index contributed by atoms with van der Waals surface area (Å²) in [5.41, 5.74) is 1.08. The Balaban J connectivity index is 1.77. The fourth-order valence-corrected chi connectivity index (χ4v) is 3.38. The number of carbonyl (C=O) groups is 1. The van der Waals surface area contributed by atoms with Crippen LogP contribution in [0.4, 0.5) is 0 Å². The second-order valence-corrected chi connectivity index (χ2v) is 6.60. The van der Waals surface area contributed by atoms with Crippen molar-refractivity contribution < 1.29 is 13.9 Å². The maximum absolute atomic E-state index is 12.6. The van der Waals surface area contributed by atoms with Crippen LogP contribution >= 0.6 is 0 Å². The van der Waals surface area contributed by atoms with E-state index in [1.807, 2.05) is 24.0 Å². The van der Waals surface area contributed by atoms with Gasteiger partial charge >= 0.3 is 5.63 Å². The third-order valence-electron chi connectivity index (χ3n) is 4.76. The number of hydrogen-bond donors (Lipinski definition) is 0. The fourth-order valence-electron chi connectivity index (χ4n) is 3.38. The summed E-state index contributed by atoms with van der Waals surface area (Å²) in [5, 5.41) is 0.904. The van der Waals surface area contributed by atoms with Crippen LogP contribution in [-0.2, 0) is 11.2 Å². The predicted molar refractivity (Wildman–Crippen MR) is 97.0 cm³/mol. The van der Waals surface area contributed by atoms with E-state index < -0.39 is 6.10 Å². The Bertz CT molecular complexity index is 803. The van der Waals surface area contributed by atoms with E-state index in [-0.39, 0.29) is 11.5 Å². The number of fused-ring (bicyclic) bond motifs is 1. The summed E-state index contributed by atoms with van der Waals surface area (Å²) < 4.78 is 11.1. The first-order valence-corrected chi connectivity index (χ1v) is 9.10. The molecule has 0 aliphatic carbocycles. The Hall–Kier alpha value is -2.30. The highest BCUT2D eigenvalue weighted by molar-refractivity contribution is 5.83. The third kappa shape index (κ3) is 4.03. The molecule has 1 atom stereocenters. The first kappa shape index (κ1) is 17.5. The predicted octanol–water partition coefficient (Wildman–Crippen LogP) is 3.53. The topological polar surface area (TPSA) is 59.8 Å². The number of rotatable bonds is 4. The number of likely N-dealkylation sites (tertiary alicyclic amines) is 1. The highest BCUT2D eigenvalue weighted by Crippen LogP contribution is 2.24. The summed E-state index contributed by atoms with van der Waals surface area (Å²) >= 11 is 0. The summed E-state index contributed by atoms with van der Waals surface area (Å²) in [6.45, 7) is 5.38. The number of hydrogen-bond acceptors (Lipinski definition) is 4. The quantitative estimate of drug-likeness (QED) is 0.797. The molecule has 5 heteroatoms. The molecule has 0 bridgehead atoms. The van der Waals surface area contributed by atoms with Crippen LogP contribution in [-0.4, -0.2) is 30.0 Å². The van der Waals surface area contributed by atoms with Gasteiger partial charge in [0.1, 0.15) is 11.3 Å². The van der Waals surface area contributed by atoms with Crippen molar-refractivity contribution in [2.75, 3.05) is 13.1 Å². The van der Waals surface area contributed by atoms with Crippen molar-refractivity contribution in [2.24, 2.45) is 0 Å². The molecule has 2 aromatic rings. The van der Waals surface area contributed by atoms with Crippen molar-refractivity contribution in [2.45, 2.75) is 52.1 Å². The van der Waals surface area contributed by atoms with Gasteiger partial charge in [-0.1, -0.05) is 19.8 Å². The zero-order chi connectivity index (χ0) is 17.8. The van der Waals surface area contributed by atoms with Crippen molar-refractivity contribution in [1.82, 2.24) is 4.90 Å². The van der Waals surface area contributed by atoms with Gasteiger partial charge in [0.25, 0.3) is 5.91 Å². The number of nitrogens with zero attached hydrogens (tertiary/aromatic N) is 1. The van der Waals surface area contributed by atoms with E-state index in [1.54, 1.807) is 13.0 Å². The summed E-state index contributed by atoms with van der Waals surface area (Å²) in [4.78, 5) is 26.2. The Kier molecular flexibility index (Phi) is 5.41. The molecule has 1 aliphatic rings. The lowest BCUT2D eigenvalue weighted by molar-refractivity contribution is -0.137. The lowest BCUT2D eigenvalue weighted by Crippen LogP contribution is -2.40. The molecule has 134 valence electrons. The van der Waals surface area contributed by atoms with Gasteiger partial charge in [-0.25, -0.2) is 4.79 Å². The third-order valence-corrected chi connectivity index (χ3v) is 4.76. The number of carbonyl (C=O) groups excluding carboxylic acids is 1. The summed E-state index contributed by atoms with van der Waals surface area (Å²) in [7, 11) is 0. The molecule has 1 amide bonds. The maximum Gasteiger partial charge on any atom is 0.336 e. The van der Waals surface area contributed by atoms with Gasteiger partial charge in [0.2, 0.25) is 0 Å². The molecule has 1 unspecified atom stereocenters. The van der Waals surface area contributed by atoms with E-state index >= 15 is 0 Å². The van der Waals surface area contributed by atoms with E-state index in [0.29, 0.717) is 11.3 Å². The molecule has 25 heavy (non-hydrogen) atoms. The second-order valence-electron chi connectivity index (χ2n) is 6.60. The Labute approximate surface area is 147 Å². The van der Waals surface area contributed by atoms with Gasteiger partial charge in [0.15, 0.2) is 6.10 Å². The molecule has 1 aromatic carbocycles. The van der Waals surface area contributed by atoms with Gasteiger partial charge in [0, 0.05) is 30.6 Å². The van der Waals surface area contributed by atoms with E-state index in [4.69, 9.17) is 9.15 Å². The monoisotopic (exact) mass is 343 g/mol. The molecule has 1 fully saturated rings. The SMILES string of the molecule is CCc1cc(=O)oc2cc(OC(C)C(=O)N3CCCCCC3)ccc12. The van der Waals surface area contributed by atoms with Crippen LogP contribution < -0.4 is 10.4 Å². The molecule has 2 heterocycles. The van der Waals surface area contributed by atoms with Gasteiger partial charge in [-0.3, -0.25) is 4.79 Å². The van der Waals surface area contributed by atoms with Crippen LogP contribution in [0.15, 0.2) is 33.5 Å². The van der Waals surface area contributed by atoms with Gasteiger partial charge in [0.05, 0.1) is 0 Å². The lowest BCUT2D eigenvalue weighted by Gasteiger charge is -2.24. The highest BCUT2D eigenvalue weighted by atomic mass is 16.5. The molecule has 0 spiro atoms. The van der Waals surface area contributed by atoms with Crippen molar-refractivity contribution >= 4 is 16.9 Å². The van der Waals surface area contributed by atoms with E-state index in [0.717, 1.165) is 43.3 Å². The molecule has 1 aromatic heterocycles. The molecular weight excluding hydrogens is 318 g/mol. The average molecular weight is 343 g/mol. The normalized spacial score (nSPS) is 16.5. The molecule has 0 N–H and O–H groups in total. The Morgan fingerprint density at radius 2 is 1.92 bits per heavy atom. The zero-order valence-electron chi connectivity index (χ0n) is 14.9. The van der Waals surface area contributed by atoms with Gasteiger partial charge in [-0.2, -0.15) is 0 Å². The second kappa shape index (κ2) is 7.72. The largest absolute Gasteiger partial charge is 0.481 e. The number of ether oxygens (including phenoxy) is 1. The van der Waals surface area contributed by atoms with E-state index in [9.17, 15) is 9.59 Å². The standard InChI is InChI=1S/C20H25NO4/c1-3-15-12-19(22)25-18-13-16(8-9-17(15)18)24-14(2)20(23)21-10-6-4-5-7-11-21/h8-9,12-14H,3-7,10-11H2,1-2H3. The fraction of sp³-hybridized carbons (Fsp3) is 0.500. The Morgan fingerprint density at radius 3 is 2.60 bits per heavy atom. The first-order chi connectivity index (χ1) is 12.1. The molecule has 0 radical (unpaired) electrons. The molecule has 0 saturated carbocycles. The summed E-state index contributed by atoms with van der Waals surface area (Å²) in [6, 6.07) is 6.93. The molecule has 5 nitrogen and oxygen atoms in total. The van der Waals surface area contributed by atoms with Crippen LogP contribution in [0.1, 0.15) is 45.1 Å². The van der Waals surface area contributed by atoms with E-state index in [1.165, 1.54) is 18.9 Å². The average Bonchev–Trinajstić information content (AvgIpc) is 2.89. The summed E-state index contributed by atoms with van der Waals surface area (Å²) in [6.07, 6.45) is 4.67. The molecular formula is C20H25NO4. The minimum absolute atomic E-state index is 0.0192. The van der Waals surface area contributed by atoms with E-state index in [2.05, 4.69) is 0 Å². The molecule has 3 rings (SSSR count). The van der Waals surface area contributed by atoms with Gasteiger partial charge in [-0.15, -0.1) is 0 Å². The number of amides is 1. The van der Waals surface area contributed by atoms with Crippen molar-refractivity contribution in [1.29, 1.82) is 0 Å². The number of aryl methyl sites for hydroxylation is 1. The summed E-state index contributed by atoms with van der Waals surface area (Å²) in [5.74, 6) is 0.560.